The Morgan fingerprint density at radius 2 is 0.623 bits per heavy atom. The fraction of sp³-hybridized carbons (Fsp3) is 0. The van der Waals surface area contributed by atoms with E-state index in [1.54, 1.807) is 0 Å². The van der Waals surface area contributed by atoms with Crippen LogP contribution in [0.4, 0.5) is 0 Å². The molecule has 0 spiro atoms. The number of hydrogen-bond donors (Lipinski definition) is 0. The summed E-state index contributed by atoms with van der Waals surface area (Å²) in [5.41, 5.74) is 15.8. The smallest absolute Gasteiger partial charge is 0.164 e. The van der Waals surface area contributed by atoms with Crippen molar-refractivity contribution >= 4 is 21.9 Å². The molecule has 0 saturated carbocycles. The molecular weight excluding hydrogens is 743 g/mol. The zero-order chi connectivity index (χ0) is 40.5. The minimum Gasteiger partial charge on any atom is -0.456 e. The number of rotatable bonds is 8. The molecule has 2 heterocycles. The summed E-state index contributed by atoms with van der Waals surface area (Å²) in [5.74, 6) is 1.86. The second kappa shape index (κ2) is 15.5. The highest BCUT2D eigenvalue weighted by Crippen LogP contribution is 2.37. The average molecular weight is 780 g/mol. The number of fused-ring (bicyclic) bond motifs is 3. The third kappa shape index (κ3) is 6.96. The summed E-state index contributed by atoms with van der Waals surface area (Å²) >= 11 is 0. The Balaban J connectivity index is 0.958. The first kappa shape index (κ1) is 35.9. The van der Waals surface area contributed by atoms with Gasteiger partial charge in [-0.3, -0.25) is 0 Å². The van der Waals surface area contributed by atoms with Gasteiger partial charge in [-0.05, 0) is 86.0 Å². The van der Waals surface area contributed by atoms with Crippen molar-refractivity contribution in [2.24, 2.45) is 0 Å². The lowest BCUT2D eigenvalue weighted by Crippen LogP contribution is -2.02. The molecule has 0 aliphatic carbocycles. The maximum atomic E-state index is 6.10. The number of para-hydroxylation sites is 1. The van der Waals surface area contributed by atoms with Crippen molar-refractivity contribution in [2.45, 2.75) is 0 Å². The highest BCUT2D eigenvalue weighted by Gasteiger charge is 2.18. The molecular formula is C57H37N3O. The van der Waals surface area contributed by atoms with Crippen molar-refractivity contribution in [3.05, 3.63) is 224 Å². The summed E-state index contributed by atoms with van der Waals surface area (Å²) in [5, 5.41) is 2.26. The van der Waals surface area contributed by atoms with Crippen LogP contribution >= 0.6 is 0 Å². The molecule has 0 unspecified atom stereocenters. The lowest BCUT2D eigenvalue weighted by molar-refractivity contribution is 0.669. The largest absolute Gasteiger partial charge is 0.456 e. The van der Waals surface area contributed by atoms with Crippen LogP contribution in [0.5, 0.6) is 0 Å². The first-order chi connectivity index (χ1) is 30.2. The lowest BCUT2D eigenvalue weighted by atomic mass is 9.95. The summed E-state index contributed by atoms with van der Waals surface area (Å²) in [7, 11) is 0. The highest BCUT2D eigenvalue weighted by atomic mass is 16.3. The van der Waals surface area contributed by atoms with Gasteiger partial charge in [-0.2, -0.15) is 0 Å². The molecule has 9 aromatic carbocycles. The summed E-state index contributed by atoms with van der Waals surface area (Å²) in [6.45, 7) is 0. The zero-order valence-corrected chi connectivity index (χ0v) is 33.1. The number of benzene rings is 9. The van der Waals surface area contributed by atoms with Crippen molar-refractivity contribution < 1.29 is 4.42 Å². The molecule has 61 heavy (non-hydrogen) atoms. The normalized spacial score (nSPS) is 11.3. The van der Waals surface area contributed by atoms with Crippen LogP contribution in [0.25, 0.3) is 112 Å². The van der Waals surface area contributed by atoms with Crippen LogP contribution in [0, 0.1) is 0 Å². The SMILES string of the molecule is c1ccc(-c2ccccc2-c2nc(-c3ccc(-c4cccc(-c5cccc(-c6ccc7oc8ccccc8c7c6)c5)c4)cc3)nc(-c3ccccc3-c3ccccc3)n2)cc1. The molecule has 0 N–H and O–H groups in total. The summed E-state index contributed by atoms with van der Waals surface area (Å²) < 4.78 is 6.10. The van der Waals surface area contributed by atoms with Gasteiger partial charge in [-0.1, -0.05) is 194 Å². The Hall–Kier alpha value is -8.21. The standard InChI is InChI=1S/C57H37N3O/c1-3-15-39(16-4-1)47-23-7-9-26-50(47)56-58-55(59-57(60-56)51-27-10-8-24-48(51)40-17-5-2-6-18-40)41-31-29-38(30-32-41)42-19-13-20-43(35-42)44-21-14-22-45(36-44)46-33-34-54-52(37-46)49-25-11-12-28-53(49)61-54/h1-37H. The maximum Gasteiger partial charge on any atom is 0.164 e. The maximum absolute atomic E-state index is 6.10. The molecule has 4 heteroatoms. The Morgan fingerprint density at radius 3 is 1.20 bits per heavy atom. The van der Waals surface area contributed by atoms with E-state index in [2.05, 4.69) is 188 Å². The molecule has 11 aromatic rings. The van der Waals surface area contributed by atoms with Gasteiger partial charge < -0.3 is 4.42 Å². The average Bonchev–Trinajstić information content (AvgIpc) is 3.73. The van der Waals surface area contributed by atoms with Gasteiger partial charge >= 0.3 is 0 Å². The van der Waals surface area contributed by atoms with Crippen molar-refractivity contribution in [1.29, 1.82) is 0 Å². The van der Waals surface area contributed by atoms with Crippen LogP contribution in [0.3, 0.4) is 0 Å². The van der Waals surface area contributed by atoms with E-state index in [0.717, 1.165) is 94.3 Å². The molecule has 0 aliphatic rings. The molecule has 0 amide bonds. The Kier molecular flexibility index (Phi) is 9.14. The van der Waals surface area contributed by atoms with Gasteiger partial charge in [0.25, 0.3) is 0 Å². The van der Waals surface area contributed by atoms with Gasteiger partial charge in [-0.25, -0.2) is 15.0 Å². The third-order valence-corrected chi connectivity index (χ3v) is 11.4. The van der Waals surface area contributed by atoms with Gasteiger partial charge in [0.05, 0.1) is 0 Å². The van der Waals surface area contributed by atoms with Crippen molar-refractivity contribution in [3.63, 3.8) is 0 Å². The third-order valence-electron chi connectivity index (χ3n) is 11.4. The molecule has 0 atom stereocenters. The van der Waals surface area contributed by atoms with Crippen LogP contribution < -0.4 is 0 Å². The van der Waals surface area contributed by atoms with Crippen LogP contribution in [0.2, 0.25) is 0 Å². The van der Waals surface area contributed by atoms with Gasteiger partial charge in [-0.15, -0.1) is 0 Å². The predicted molar refractivity (Wildman–Crippen MR) is 251 cm³/mol. The second-order valence-electron chi connectivity index (χ2n) is 15.2. The number of furan rings is 1. The topological polar surface area (TPSA) is 51.8 Å². The van der Waals surface area contributed by atoms with E-state index in [-0.39, 0.29) is 0 Å². The van der Waals surface area contributed by atoms with E-state index in [0.29, 0.717) is 17.5 Å². The number of aromatic nitrogens is 3. The minimum atomic E-state index is 0.615. The van der Waals surface area contributed by atoms with E-state index in [4.69, 9.17) is 19.4 Å². The molecule has 0 bridgehead atoms. The Morgan fingerprint density at radius 1 is 0.230 bits per heavy atom. The van der Waals surface area contributed by atoms with Crippen LogP contribution in [-0.4, -0.2) is 15.0 Å². The molecule has 4 nitrogen and oxygen atoms in total. The van der Waals surface area contributed by atoms with Crippen LogP contribution in [0.15, 0.2) is 229 Å². The van der Waals surface area contributed by atoms with E-state index >= 15 is 0 Å². The number of hydrogen-bond acceptors (Lipinski definition) is 4. The van der Waals surface area contributed by atoms with E-state index in [1.165, 1.54) is 0 Å². The molecule has 2 aromatic heterocycles. The van der Waals surface area contributed by atoms with Gasteiger partial charge in [0, 0.05) is 27.5 Å². The van der Waals surface area contributed by atoms with Gasteiger partial charge in [0.15, 0.2) is 17.5 Å². The van der Waals surface area contributed by atoms with Gasteiger partial charge in [0.2, 0.25) is 0 Å². The second-order valence-corrected chi connectivity index (χ2v) is 15.2. The monoisotopic (exact) mass is 779 g/mol. The number of nitrogens with zero attached hydrogens (tertiary/aromatic N) is 3. The molecule has 286 valence electrons. The Labute approximate surface area is 354 Å². The summed E-state index contributed by atoms with van der Waals surface area (Å²) in [6, 6.07) is 78.2. The molecule has 11 rings (SSSR count). The quantitative estimate of drug-likeness (QED) is 0.154. The lowest BCUT2D eigenvalue weighted by Gasteiger charge is -2.14. The molecule has 0 aliphatic heterocycles. The van der Waals surface area contributed by atoms with Crippen molar-refractivity contribution in [3.8, 4) is 89.8 Å². The molecule has 0 fully saturated rings. The Bertz CT molecular complexity index is 3250. The van der Waals surface area contributed by atoms with Crippen molar-refractivity contribution in [1.82, 2.24) is 15.0 Å². The molecule has 0 radical (unpaired) electrons. The van der Waals surface area contributed by atoms with Crippen molar-refractivity contribution in [2.75, 3.05) is 0 Å². The molecule has 0 saturated heterocycles. The highest BCUT2D eigenvalue weighted by molar-refractivity contribution is 6.06. The fourth-order valence-electron chi connectivity index (χ4n) is 8.32. The minimum absolute atomic E-state index is 0.615. The van der Waals surface area contributed by atoms with E-state index in [9.17, 15) is 0 Å². The first-order valence-corrected chi connectivity index (χ1v) is 20.5. The van der Waals surface area contributed by atoms with E-state index in [1.807, 2.05) is 36.4 Å². The summed E-state index contributed by atoms with van der Waals surface area (Å²) in [4.78, 5) is 15.6. The zero-order valence-electron chi connectivity index (χ0n) is 33.1. The first-order valence-electron chi connectivity index (χ1n) is 20.5. The summed E-state index contributed by atoms with van der Waals surface area (Å²) in [6.07, 6.45) is 0. The van der Waals surface area contributed by atoms with Crippen LogP contribution in [-0.2, 0) is 0 Å². The predicted octanol–water partition coefficient (Wildman–Crippen LogP) is 15.1. The fourth-order valence-corrected chi connectivity index (χ4v) is 8.32. The van der Waals surface area contributed by atoms with Crippen LogP contribution in [0.1, 0.15) is 0 Å². The van der Waals surface area contributed by atoms with Gasteiger partial charge in [0.1, 0.15) is 11.2 Å². The van der Waals surface area contributed by atoms with E-state index < -0.39 is 0 Å².